The minimum Gasteiger partial charge on any atom is -0.497 e. The standard InChI is InChI=1S/C24H27N5O3/c1-3-32-22-7-5-4-6-21(22)25-24(30)29-16-14-28(15-17-29)23-13-12-20(26-27-23)18-8-10-19(31-2)11-9-18/h4-13H,3,14-17H2,1-2H3,(H,25,30). The number of methoxy groups -OCH3 is 1. The molecule has 2 amide bonds. The van der Waals surface area contributed by atoms with Crippen molar-refractivity contribution in [3.63, 3.8) is 0 Å². The summed E-state index contributed by atoms with van der Waals surface area (Å²) in [6.07, 6.45) is 0. The molecular formula is C24H27N5O3. The number of anilines is 2. The number of carbonyl (C=O) groups excluding carboxylic acids is 1. The van der Waals surface area contributed by atoms with Crippen LogP contribution in [0.3, 0.4) is 0 Å². The molecule has 32 heavy (non-hydrogen) atoms. The van der Waals surface area contributed by atoms with Gasteiger partial charge in [0.15, 0.2) is 5.82 Å². The zero-order valence-corrected chi connectivity index (χ0v) is 18.3. The van der Waals surface area contributed by atoms with Crippen molar-refractivity contribution in [2.75, 3.05) is 50.1 Å². The largest absolute Gasteiger partial charge is 0.497 e. The predicted octanol–water partition coefficient (Wildman–Crippen LogP) is 3.91. The summed E-state index contributed by atoms with van der Waals surface area (Å²) in [6, 6.07) is 19.0. The average Bonchev–Trinajstić information content (AvgIpc) is 2.86. The van der Waals surface area contributed by atoms with Crippen LogP contribution >= 0.6 is 0 Å². The molecule has 166 valence electrons. The van der Waals surface area contributed by atoms with Crippen molar-refractivity contribution in [3.8, 4) is 22.8 Å². The molecule has 0 bridgehead atoms. The zero-order chi connectivity index (χ0) is 22.3. The molecule has 0 atom stereocenters. The van der Waals surface area contributed by atoms with Crippen LogP contribution in [0.4, 0.5) is 16.3 Å². The highest BCUT2D eigenvalue weighted by molar-refractivity contribution is 5.91. The van der Waals surface area contributed by atoms with Crippen LogP contribution < -0.4 is 19.7 Å². The molecule has 8 nitrogen and oxygen atoms in total. The van der Waals surface area contributed by atoms with E-state index in [-0.39, 0.29) is 6.03 Å². The molecule has 3 aromatic rings. The van der Waals surface area contributed by atoms with E-state index >= 15 is 0 Å². The third kappa shape index (κ3) is 4.91. The maximum absolute atomic E-state index is 12.7. The lowest BCUT2D eigenvalue weighted by molar-refractivity contribution is 0.208. The SMILES string of the molecule is CCOc1ccccc1NC(=O)N1CCN(c2ccc(-c3ccc(OC)cc3)nn2)CC1. The first-order valence-electron chi connectivity index (χ1n) is 10.7. The Morgan fingerprint density at radius 1 is 0.969 bits per heavy atom. The highest BCUT2D eigenvalue weighted by atomic mass is 16.5. The van der Waals surface area contributed by atoms with E-state index in [0.29, 0.717) is 44.2 Å². The Labute approximate surface area is 187 Å². The fourth-order valence-corrected chi connectivity index (χ4v) is 3.59. The summed E-state index contributed by atoms with van der Waals surface area (Å²) in [5, 5.41) is 11.7. The second-order valence-corrected chi connectivity index (χ2v) is 7.34. The summed E-state index contributed by atoms with van der Waals surface area (Å²) in [5.41, 5.74) is 2.47. The molecule has 1 aliphatic heterocycles. The molecule has 1 N–H and O–H groups in total. The Hall–Kier alpha value is -3.81. The number of nitrogens with zero attached hydrogens (tertiary/aromatic N) is 4. The Kier molecular flexibility index (Phi) is 6.69. The number of rotatable bonds is 6. The van der Waals surface area contributed by atoms with Crippen LogP contribution in [0, 0.1) is 0 Å². The maximum Gasteiger partial charge on any atom is 0.322 e. The van der Waals surface area contributed by atoms with Gasteiger partial charge in [-0.1, -0.05) is 12.1 Å². The van der Waals surface area contributed by atoms with Gasteiger partial charge in [0, 0.05) is 31.7 Å². The van der Waals surface area contributed by atoms with Crippen molar-refractivity contribution in [1.82, 2.24) is 15.1 Å². The monoisotopic (exact) mass is 433 g/mol. The van der Waals surface area contributed by atoms with Gasteiger partial charge in [-0.25, -0.2) is 4.79 Å². The van der Waals surface area contributed by atoms with E-state index in [1.54, 1.807) is 12.0 Å². The Morgan fingerprint density at radius 3 is 2.38 bits per heavy atom. The Balaban J connectivity index is 1.33. The highest BCUT2D eigenvalue weighted by Crippen LogP contribution is 2.25. The summed E-state index contributed by atoms with van der Waals surface area (Å²) >= 11 is 0. The van der Waals surface area contributed by atoms with E-state index < -0.39 is 0 Å². The van der Waals surface area contributed by atoms with E-state index in [1.165, 1.54) is 0 Å². The van der Waals surface area contributed by atoms with Crippen molar-refractivity contribution >= 4 is 17.5 Å². The quantitative estimate of drug-likeness (QED) is 0.635. The van der Waals surface area contributed by atoms with Gasteiger partial charge in [0.2, 0.25) is 0 Å². The number of piperazine rings is 1. The molecule has 2 aromatic carbocycles. The van der Waals surface area contributed by atoms with Crippen molar-refractivity contribution in [2.24, 2.45) is 0 Å². The smallest absolute Gasteiger partial charge is 0.322 e. The first-order valence-corrected chi connectivity index (χ1v) is 10.7. The predicted molar refractivity (Wildman–Crippen MR) is 124 cm³/mol. The van der Waals surface area contributed by atoms with Crippen LogP contribution in [0.5, 0.6) is 11.5 Å². The van der Waals surface area contributed by atoms with Crippen LogP contribution in [0.15, 0.2) is 60.7 Å². The van der Waals surface area contributed by atoms with Gasteiger partial charge >= 0.3 is 6.03 Å². The van der Waals surface area contributed by atoms with Gasteiger partial charge in [-0.2, -0.15) is 0 Å². The second kappa shape index (κ2) is 10.00. The van der Waals surface area contributed by atoms with Crippen molar-refractivity contribution < 1.29 is 14.3 Å². The lowest BCUT2D eigenvalue weighted by atomic mass is 10.1. The summed E-state index contributed by atoms with van der Waals surface area (Å²) in [6.45, 7) is 5.05. The van der Waals surface area contributed by atoms with Gasteiger partial charge in [-0.15, -0.1) is 10.2 Å². The fraction of sp³-hybridized carbons (Fsp3) is 0.292. The lowest BCUT2D eigenvalue weighted by Crippen LogP contribution is -2.50. The minimum absolute atomic E-state index is 0.127. The minimum atomic E-state index is -0.127. The maximum atomic E-state index is 12.7. The third-order valence-electron chi connectivity index (χ3n) is 5.36. The molecule has 1 fully saturated rings. The van der Waals surface area contributed by atoms with Crippen molar-refractivity contribution in [1.29, 1.82) is 0 Å². The lowest BCUT2D eigenvalue weighted by Gasteiger charge is -2.35. The molecule has 0 radical (unpaired) electrons. The van der Waals surface area contributed by atoms with Gasteiger partial charge < -0.3 is 24.6 Å². The Morgan fingerprint density at radius 2 is 1.72 bits per heavy atom. The van der Waals surface area contributed by atoms with Gasteiger partial charge in [0.25, 0.3) is 0 Å². The van der Waals surface area contributed by atoms with Crippen LogP contribution in [-0.2, 0) is 0 Å². The van der Waals surface area contributed by atoms with Gasteiger partial charge in [0.05, 0.1) is 25.1 Å². The van der Waals surface area contributed by atoms with Crippen LogP contribution in [0.1, 0.15) is 6.92 Å². The van der Waals surface area contributed by atoms with Gasteiger partial charge in [0.1, 0.15) is 11.5 Å². The number of benzene rings is 2. The molecule has 1 aliphatic rings. The first-order chi connectivity index (χ1) is 15.7. The number of carbonyl (C=O) groups is 1. The fourth-order valence-electron chi connectivity index (χ4n) is 3.59. The van der Waals surface area contributed by atoms with Crippen molar-refractivity contribution in [2.45, 2.75) is 6.92 Å². The molecule has 1 saturated heterocycles. The molecule has 0 aliphatic carbocycles. The van der Waals surface area contributed by atoms with E-state index in [1.807, 2.05) is 67.6 Å². The number of urea groups is 1. The van der Waals surface area contributed by atoms with Gasteiger partial charge in [-0.3, -0.25) is 0 Å². The highest BCUT2D eigenvalue weighted by Gasteiger charge is 2.23. The summed E-state index contributed by atoms with van der Waals surface area (Å²) in [5.74, 6) is 2.29. The molecule has 0 unspecified atom stereocenters. The second-order valence-electron chi connectivity index (χ2n) is 7.34. The van der Waals surface area contributed by atoms with Crippen LogP contribution in [0.25, 0.3) is 11.3 Å². The number of para-hydroxylation sites is 2. The average molecular weight is 434 g/mol. The summed E-state index contributed by atoms with van der Waals surface area (Å²) in [4.78, 5) is 16.7. The summed E-state index contributed by atoms with van der Waals surface area (Å²) in [7, 11) is 1.65. The number of hydrogen-bond donors (Lipinski definition) is 1. The molecule has 0 saturated carbocycles. The number of amides is 2. The Bertz CT molecular complexity index is 1030. The molecular weight excluding hydrogens is 406 g/mol. The molecule has 0 spiro atoms. The number of nitrogens with one attached hydrogen (secondary N) is 1. The number of aromatic nitrogens is 2. The third-order valence-corrected chi connectivity index (χ3v) is 5.36. The van der Waals surface area contributed by atoms with E-state index in [4.69, 9.17) is 9.47 Å². The normalized spacial score (nSPS) is 13.6. The number of hydrogen-bond acceptors (Lipinski definition) is 6. The molecule has 1 aromatic heterocycles. The topological polar surface area (TPSA) is 79.8 Å². The zero-order valence-electron chi connectivity index (χ0n) is 18.3. The van der Waals surface area contributed by atoms with Crippen LogP contribution in [-0.4, -0.2) is 61.0 Å². The van der Waals surface area contributed by atoms with Crippen LogP contribution in [0.2, 0.25) is 0 Å². The number of ether oxygens (including phenoxy) is 2. The van der Waals surface area contributed by atoms with Gasteiger partial charge in [-0.05, 0) is 55.5 Å². The van der Waals surface area contributed by atoms with E-state index in [2.05, 4.69) is 20.4 Å². The molecule has 4 rings (SSSR count). The molecule has 2 heterocycles. The first kappa shape index (κ1) is 21.4. The van der Waals surface area contributed by atoms with Crippen molar-refractivity contribution in [3.05, 3.63) is 60.7 Å². The summed E-state index contributed by atoms with van der Waals surface area (Å²) < 4.78 is 10.8. The van der Waals surface area contributed by atoms with E-state index in [0.717, 1.165) is 22.8 Å². The molecule has 8 heteroatoms. The van der Waals surface area contributed by atoms with E-state index in [9.17, 15) is 4.79 Å².